The SMILES string of the molecule is Cc1oc(-c2ccccc2C(F)(F)F)nc1CN1c2ccc(C(O)(C(F)(F)F)C(F)(F)F)cc2CC1C. The summed E-state index contributed by atoms with van der Waals surface area (Å²) in [4.78, 5) is 5.84. The number of nitrogens with zero attached hydrogens (tertiary/aromatic N) is 2. The standard InChI is InChI=1S/C24H19F9N2O2/c1-12-9-14-10-15(21(36,23(28,29)30)24(31,32)33)7-8-19(14)35(12)11-18-13(2)37-20(34-18)16-5-3-4-6-17(16)22(25,26)27/h3-8,10,12,36H,9,11H2,1-2H3. The highest BCUT2D eigenvalue weighted by Gasteiger charge is 2.71. The second-order valence-corrected chi connectivity index (χ2v) is 8.80. The van der Waals surface area contributed by atoms with Crippen molar-refractivity contribution < 1.29 is 49.0 Å². The van der Waals surface area contributed by atoms with Gasteiger partial charge in [-0.1, -0.05) is 24.3 Å². The van der Waals surface area contributed by atoms with E-state index in [1.54, 1.807) is 11.8 Å². The third-order valence-electron chi connectivity index (χ3n) is 6.35. The van der Waals surface area contributed by atoms with E-state index in [1.807, 2.05) is 0 Å². The van der Waals surface area contributed by atoms with Crippen LogP contribution in [0.2, 0.25) is 0 Å². The predicted molar refractivity (Wildman–Crippen MR) is 113 cm³/mol. The van der Waals surface area contributed by atoms with Crippen molar-refractivity contribution in [2.75, 3.05) is 4.90 Å². The summed E-state index contributed by atoms with van der Waals surface area (Å²) in [5.41, 5.74) is -6.93. The second kappa shape index (κ2) is 8.67. The molecule has 1 unspecified atom stereocenters. The van der Waals surface area contributed by atoms with Gasteiger partial charge in [-0.25, -0.2) is 4.98 Å². The van der Waals surface area contributed by atoms with Gasteiger partial charge in [-0.15, -0.1) is 0 Å². The quantitative estimate of drug-likeness (QED) is 0.366. The molecule has 3 aromatic rings. The Bertz CT molecular complexity index is 1290. The molecule has 0 spiro atoms. The van der Waals surface area contributed by atoms with Crippen LogP contribution in [0.4, 0.5) is 45.2 Å². The van der Waals surface area contributed by atoms with Crippen LogP contribution in [0.25, 0.3) is 11.5 Å². The molecule has 1 atom stereocenters. The highest BCUT2D eigenvalue weighted by atomic mass is 19.4. The highest BCUT2D eigenvalue weighted by Crippen LogP contribution is 2.51. The lowest BCUT2D eigenvalue weighted by Gasteiger charge is -2.33. The van der Waals surface area contributed by atoms with Gasteiger partial charge in [-0.3, -0.25) is 0 Å². The van der Waals surface area contributed by atoms with Gasteiger partial charge >= 0.3 is 18.5 Å². The first-order valence-electron chi connectivity index (χ1n) is 10.8. The van der Waals surface area contributed by atoms with Crippen LogP contribution >= 0.6 is 0 Å². The summed E-state index contributed by atoms with van der Waals surface area (Å²) in [6.45, 7) is 3.13. The average Bonchev–Trinajstić information content (AvgIpc) is 3.30. The van der Waals surface area contributed by atoms with Crippen molar-refractivity contribution in [1.29, 1.82) is 0 Å². The zero-order valence-corrected chi connectivity index (χ0v) is 19.2. The molecule has 1 N–H and O–H groups in total. The van der Waals surface area contributed by atoms with E-state index >= 15 is 0 Å². The minimum atomic E-state index is -6.01. The average molecular weight is 538 g/mol. The molecule has 0 amide bonds. The fraction of sp³-hybridized carbons (Fsp3) is 0.375. The molecule has 1 aromatic heterocycles. The van der Waals surface area contributed by atoms with Gasteiger partial charge in [0.2, 0.25) is 5.89 Å². The number of benzene rings is 2. The van der Waals surface area contributed by atoms with Crippen LogP contribution in [0.15, 0.2) is 46.9 Å². The van der Waals surface area contributed by atoms with E-state index in [0.717, 1.165) is 12.1 Å². The van der Waals surface area contributed by atoms with Crippen LogP contribution in [0.5, 0.6) is 0 Å². The summed E-state index contributed by atoms with van der Waals surface area (Å²) in [6, 6.07) is 6.58. The maximum absolute atomic E-state index is 13.4. The van der Waals surface area contributed by atoms with Gasteiger partial charge in [-0.05, 0) is 44.0 Å². The van der Waals surface area contributed by atoms with Gasteiger partial charge in [-0.2, -0.15) is 39.5 Å². The molecule has 0 bridgehead atoms. The van der Waals surface area contributed by atoms with E-state index in [1.165, 1.54) is 25.1 Å². The third kappa shape index (κ3) is 4.53. The number of alkyl halides is 9. The molecule has 2 heterocycles. The van der Waals surface area contributed by atoms with Crippen LogP contribution in [0, 0.1) is 6.92 Å². The van der Waals surface area contributed by atoms with Crippen molar-refractivity contribution in [2.45, 2.75) is 57.0 Å². The number of aromatic nitrogens is 1. The molecule has 0 saturated heterocycles. The maximum atomic E-state index is 13.4. The van der Waals surface area contributed by atoms with Gasteiger partial charge in [0.1, 0.15) is 11.5 Å². The number of fused-ring (bicyclic) bond motifs is 1. The number of aryl methyl sites for hydroxylation is 1. The van der Waals surface area contributed by atoms with Crippen LogP contribution in [-0.2, 0) is 24.7 Å². The minimum absolute atomic E-state index is 0.0279. The van der Waals surface area contributed by atoms with Crippen LogP contribution in [0.1, 0.15) is 35.1 Å². The first kappa shape index (κ1) is 26.8. The van der Waals surface area contributed by atoms with Crippen molar-refractivity contribution >= 4 is 5.69 Å². The Labute approximate surface area is 204 Å². The predicted octanol–water partition coefficient (Wildman–Crippen LogP) is 6.93. The Hall–Kier alpha value is -3.22. The van der Waals surface area contributed by atoms with E-state index < -0.39 is 41.3 Å². The molecule has 2 aromatic carbocycles. The smallest absolute Gasteiger partial charge is 0.430 e. The molecule has 1 aliphatic rings. The summed E-state index contributed by atoms with van der Waals surface area (Å²) in [5, 5.41) is 9.71. The number of rotatable bonds is 4. The van der Waals surface area contributed by atoms with Gasteiger partial charge in [0, 0.05) is 22.9 Å². The molecule has 13 heteroatoms. The van der Waals surface area contributed by atoms with Crippen molar-refractivity contribution in [3.8, 4) is 11.5 Å². The van der Waals surface area contributed by atoms with E-state index in [-0.39, 0.29) is 41.4 Å². The third-order valence-corrected chi connectivity index (χ3v) is 6.35. The Morgan fingerprint density at radius 3 is 2.19 bits per heavy atom. The van der Waals surface area contributed by atoms with Gasteiger partial charge in [0.15, 0.2) is 0 Å². The van der Waals surface area contributed by atoms with Gasteiger partial charge < -0.3 is 14.4 Å². The Morgan fingerprint density at radius 1 is 0.973 bits per heavy atom. The number of hydrogen-bond acceptors (Lipinski definition) is 4. The summed E-state index contributed by atoms with van der Waals surface area (Å²) in [7, 11) is 0. The summed E-state index contributed by atoms with van der Waals surface area (Å²) in [5.74, 6) is -0.0731. The van der Waals surface area contributed by atoms with Crippen LogP contribution in [0.3, 0.4) is 0 Å². The fourth-order valence-electron chi connectivity index (χ4n) is 4.42. The lowest BCUT2D eigenvalue weighted by Crippen LogP contribution is -2.53. The lowest BCUT2D eigenvalue weighted by molar-refractivity contribution is -0.376. The van der Waals surface area contributed by atoms with Crippen LogP contribution < -0.4 is 4.90 Å². The molecule has 0 aliphatic carbocycles. The Balaban J connectivity index is 1.68. The van der Waals surface area contributed by atoms with E-state index in [4.69, 9.17) is 4.42 Å². The van der Waals surface area contributed by atoms with Crippen LogP contribution in [-0.4, -0.2) is 28.5 Å². The second-order valence-electron chi connectivity index (χ2n) is 8.80. The Morgan fingerprint density at radius 2 is 1.59 bits per heavy atom. The lowest BCUT2D eigenvalue weighted by atomic mass is 9.90. The first-order valence-corrected chi connectivity index (χ1v) is 10.8. The molecule has 1 aliphatic heterocycles. The number of oxazole rings is 1. The number of hydrogen-bond donors (Lipinski definition) is 1. The normalized spacial score (nSPS) is 16.9. The van der Waals surface area contributed by atoms with E-state index in [2.05, 4.69) is 4.98 Å². The molecule has 0 radical (unpaired) electrons. The fourth-order valence-corrected chi connectivity index (χ4v) is 4.42. The molecule has 37 heavy (non-hydrogen) atoms. The largest absolute Gasteiger partial charge is 0.441 e. The number of halogens is 9. The van der Waals surface area contributed by atoms with Crippen molar-refractivity contribution in [3.63, 3.8) is 0 Å². The summed E-state index contributed by atoms with van der Waals surface area (Å²) >= 11 is 0. The maximum Gasteiger partial charge on any atom is 0.430 e. The van der Waals surface area contributed by atoms with Crippen molar-refractivity contribution in [2.24, 2.45) is 0 Å². The van der Waals surface area contributed by atoms with E-state index in [0.29, 0.717) is 17.8 Å². The van der Waals surface area contributed by atoms with Gasteiger partial charge in [0.25, 0.3) is 5.60 Å². The molecule has 4 nitrogen and oxygen atoms in total. The number of aliphatic hydroxyl groups is 1. The molecular formula is C24H19F9N2O2. The molecule has 0 saturated carbocycles. The van der Waals surface area contributed by atoms with E-state index in [9.17, 15) is 44.6 Å². The zero-order valence-electron chi connectivity index (χ0n) is 19.2. The Kier molecular flexibility index (Phi) is 6.29. The monoisotopic (exact) mass is 538 g/mol. The summed E-state index contributed by atoms with van der Waals surface area (Å²) in [6.07, 6.45) is -16.6. The molecule has 4 rings (SSSR count). The van der Waals surface area contributed by atoms with Crippen molar-refractivity contribution in [3.05, 3.63) is 70.6 Å². The summed E-state index contributed by atoms with van der Waals surface area (Å²) < 4.78 is 126. The topological polar surface area (TPSA) is 49.5 Å². The van der Waals surface area contributed by atoms with Crippen molar-refractivity contribution in [1.82, 2.24) is 4.98 Å². The molecule has 0 fully saturated rings. The highest BCUT2D eigenvalue weighted by molar-refractivity contribution is 5.63. The minimum Gasteiger partial charge on any atom is -0.441 e. The molecule has 200 valence electrons. The molecular weight excluding hydrogens is 519 g/mol. The van der Waals surface area contributed by atoms with Gasteiger partial charge in [0.05, 0.1) is 12.1 Å². The number of anilines is 1. The first-order chi connectivity index (χ1) is 16.9. The zero-order chi connectivity index (χ0) is 27.6.